The Labute approximate surface area is 191 Å². The summed E-state index contributed by atoms with van der Waals surface area (Å²) in [5.74, 6) is 1.07. The van der Waals surface area contributed by atoms with E-state index in [4.69, 9.17) is 4.99 Å². The molecule has 1 fully saturated rings. The minimum Gasteiger partial charge on any atom is -0.357 e. The molecule has 0 aliphatic carbocycles. The van der Waals surface area contributed by atoms with E-state index in [1.54, 1.807) is 11.1 Å². The van der Waals surface area contributed by atoms with Crippen LogP contribution in [0.15, 0.2) is 47.7 Å². The van der Waals surface area contributed by atoms with Gasteiger partial charge in [0.05, 0.1) is 11.7 Å². The lowest BCUT2D eigenvalue weighted by molar-refractivity contribution is -0.133. The Hall–Kier alpha value is -2.87. The van der Waals surface area contributed by atoms with E-state index in [9.17, 15) is 4.79 Å². The highest BCUT2D eigenvalue weighted by Crippen LogP contribution is 2.18. The Balaban J connectivity index is 1.41. The molecule has 0 bridgehead atoms. The average molecular weight is 440 g/mol. The zero-order valence-corrected chi connectivity index (χ0v) is 19.6. The fraction of sp³-hybridized carbons (Fsp3) is 0.542. The van der Waals surface area contributed by atoms with Crippen molar-refractivity contribution in [2.75, 3.05) is 46.8 Å². The molecule has 2 aromatic rings. The summed E-state index contributed by atoms with van der Waals surface area (Å²) in [6.45, 7) is 6.38. The summed E-state index contributed by atoms with van der Waals surface area (Å²) in [4.78, 5) is 21.1. The number of rotatable bonds is 10. The molecule has 1 aromatic heterocycles. The van der Waals surface area contributed by atoms with Crippen LogP contribution < -0.4 is 10.6 Å². The molecular formula is C24H37N7O. The summed E-state index contributed by atoms with van der Waals surface area (Å²) in [5, 5.41) is 11.0. The number of aliphatic imine (C=N–C) groups is 1. The zero-order chi connectivity index (χ0) is 22.8. The van der Waals surface area contributed by atoms with Gasteiger partial charge < -0.3 is 15.5 Å². The standard InChI is InChI=1S/C24H37N7O/c1-4-25-24(26-14-6-18-30-17-5-8-22(30)23(32)29(2)3)27-16-13-20-9-11-21(12-10-20)31-19-7-15-28-31/h7,9-12,15,19,22H,4-6,8,13-14,16-18H2,1-3H3,(H2,25,26,27). The van der Waals surface area contributed by atoms with Crippen molar-refractivity contribution in [2.24, 2.45) is 4.99 Å². The van der Waals surface area contributed by atoms with E-state index in [1.807, 2.05) is 31.0 Å². The van der Waals surface area contributed by atoms with Crippen molar-refractivity contribution in [1.29, 1.82) is 0 Å². The quantitative estimate of drug-likeness (QED) is 0.336. The number of amides is 1. The van der Waals surface area contributed by atoms with Crippen molar-refractivity contribution in [2.45, 2.75) is 38.6 Å². The second-order valence-electron chi connectivity index (χ2n) is 8.33. The van der Waals surface area contributed by atoms with Crippen LogP contribution in [0.1, 0.15) is 31.7 Å². The maximum Gasteiger partial charge on any atom is 0.239 e. The monoisotopic (exact) mass is 439 g/mol. The summed E-state index contributed by atoms with van der Waals surface area (Å²) in [6.07, 6.45) is 7.66. The van der Waals surface area contributed by atoms with Gasteiger partial charge in [-0.25, -0.2) is 4.68 Å². The molecule has 0 saturated carbocycles. The Kier molecular flexibility index (Phi) is 9.10. The number of likely N-dealkylation sites (tertiary alicyclic amines) is 1. The molecule has 1 saturated heterocycles. The van der Waals surface area contributed by atoms with Gasteiger partial charge in [0, 0.05) is 52.7 Å². The van der Waals surface area contributed by atoms with Gasteiger partial charge in [0.25, 0.3) is 0 Å². The molecule has 1 aliphatic rings. The van der Waals surface area contributed by atoms with Gasteiger partial charge in [-0.3, -0.25) is 14.7 Å². The lowest BCUT2D eigenvalue weighted by Gasteiger charge is -2.25. The van der Waals surface area contributed by atoms with Gasteiger partial charge in [-0.2, -0.15) is 5.10 Å². The molecule has 2 N–H and O–H groups in total. The number of likely N-dealkylation sites (N-methyl/N-ethyl adjacent to an activating group) is 1. The Bertz CT molecular complexity index is 846. The van der Waals surface area contributed by atoms with Gasteiger partial charge in [0.15, 0.2) is 5.96 Å². The van der Waals surface area contributed by atoms with Gasteiger partial charge in [-0.05, 0) is 62.9 Å². The number of carbonyl (C=O) groups excluding carboxylic acids is 1. The van der Waals surface area contributed by atoms with Crippen LogP contribution in [0.3, 0.4) is 0 Å². The van der Waals surface area contributed by atoms with Crippen molar-refractivity contribution in [1.82, 2.24) is 30.2 Å². The van der Waals surface area contributed by atoms with Crippen molar-refractivity contribution in [3.05, 3.63) is 48.3 Å². The molecule has 1 amide bonds. The van der Waals surface area contributed by atoms with Crippen molar-refractivity contribution in [3.63, 3.8) is 0 Å². The zero-order valence-electron chi connectivity index (χ0n) is 19.6. The van der Waals surface area contributed by atoms with Crippen LogP contribution >= 0.6 is 0 Å². The average Bonchev–Trinajstić information content (AvgIpc) is 3.49. The van der Waals surface area contributed by atoms with Crippen LogP contribution in [0, 0.1) is 0 Å². The van der Waals surface area contributed by atoms with Gasteiger partial charge in [0.2, 0.25) is 5.91 Å². The van der Waals surface area contributed by atoms with Crippen LogP contribution in [0.5, 0.6) is 0 Å². The number of carbonyl (C=O) groups is 1. The fourth-order valence-electron chi connectivity index (χ4n) is 4.04. The van der Waals surface area contributed by atoms with Crippen LogP contribution in [0.4, 0.5) is 0 Å². The second kappa shape index (κ2) is 12.2. The molecule has 3 rings (SSSR count). The predicted molar refractivity (Wildman–Crippen MR) is 129 cm³/mol. The summed E-state index contributed by atoms with van der Waals surface area (Å²) < 4.78 is 1.86. The number of guanidine groups is 1. The Morgan fingerprint density at radius 1 is 1.25 bits per heavy atom. The van der Waals surface area contributed by atoms with E-state index in [-0.39, 0.29) is 11.9 Å². The maximum atomic E-state index is 12.3. The summed E-state index contributed by atoms with van der Waals surface area (Å²) in [7, 11) is 3.68. The number of benzene rings is 1. The molecule has 1 aliphatic heterocycles. The minimum absolute atomic E-state index is 0.0417. The highest BCUT2D eigenvalue weighted by atomic mass is 16.2. The van der Waals surface area contributed by atoms with Crippen LogP contribution in [0.2, 0.25) is 0 Å². The van der Waals surface area contributed by atoms with Crippen molar-refractivity contribution in [3.8, 4) is 5.69 Å². The smallest absolute Gasteiger partial charge is 0.239 e. The molecule has 174 valence electrons. The number of nitrogens with one attached hydrogen (secondary N) is 2. The lowest BCUT2D eigenvalue weighted by atomic mass is 10.1. The first-order valence-electron chi connectivity index (χ1n) is 11.6. The Morgan fingerprint density at radius 2 is 2.06 bits per heavy atom. The van der Waals surface area contributed by atoms with E-state index in [0.29, 0.717) is 0 Å². The maximum absolute atomic E-state index is 12.3. The number of nitrogens with zero attached hydrogens (tertiary/aromatic N) is 5. The normalized spacial score (nSPS) is 16.8. The van der Waals surface area contributed by atoms with Gasteiger partial charge in [-0.15, -0.1) is 0 Å². The molecule has 1 aromatic carbocycles. The van der Waals surface area contributed by atoms with Gasteiger partial charge >= 0.3 is 0 Å². The topological polar surface area (TPSA) is 77.8 Å². The third kappa shape index (κ3) is 6.82. The SMILES string of the molecule is CCNC(=NCCCN1CCCC1C(=O)N(C)C)NCCc1ccc(-n2cccn2)cc1. The number of aromatic nitrogens is 2. The summed E-state index contributed by atoms with van der Waals surface area (Å²) in [5.41, 5.74) is 2.34. The summed E-state index contributed by atoms with van der Waals surface area (Å²) in [6, 6.07) is 10.4. The number of hydrogen-bond acceptors (Lipinski definition) is 4. The van der Waals surface area contributed by atoms with E-state index in [1.165, 1.54) is 5.56 Å². The molecule has 2 heterocycles. The highest BCUT2D eigenvalue weighted by molar-refractivity contribution is 5.81. The van der Waals surface area contributed by atoms with E-state index in [2.05, 4.69) is 51.8 Å². The fourth-order valence-corrected chi connectivity index (χ4v) is 4.04. The molecule has 8 nitrogen and oxygen atoms in total. The van der Waals surface area contributed by atoms with E-state index >= 15 is 0 Å². The van der Waals surface area contributed by atoms with Crippen LogP contribution in [-0.2, 0) is 11.2 Å². The molecule has 8 heteroatoms. The number of hydrogen-bond donors (Lipinski definition) is 2. The first-order valence-corrected chi connectivity index (χ1v) is 11.6. The minimum atomic E-state index is 0.0417. The second-order valence-corrected chi connectivity index (χ2v) is 8.33. The van der Waals surface area contributed by atoms with Crippen molar-refractivity contribution >= 4 is 11.9 Å². The van der Waals surface area contributed by atoms with Crippen LogP contribution in [0.25, 0.3) is 5.69 Å². The molecule has 0 spiro atoms. The Morgan fingerprint density at radius 3 is 2.75 bits per heavy atom. The van der Waals surface area contributed by atoms with E-state index in [0.717, 1.165) is 70.1 Å². The first kappa shape index (κ1) is 23.8. The van der Waals surface area contributed by atoms with Gasteiger partial charge in [0.1, 0.15) is 0 Å². The first-order chi connectivity index (χ1) is 15.6. The molecule has 1 atom stereocenters. The molecule has 32 heavy (non-hydrogen) atoms. The predicted octanol–water partition coefficient (Wildman–Crippen LogP) is 1.91. The van der Waals surface area contributed by atoms with Crippen LogP contribution in [-0.4, -0.2) is 84.3 Å². The largest absolute Gasteiger partial charge is 0.357 e. The molecule has 0 radical (unpaired) electrons. The lowest BCUT2D eigenvalue weighted by Crippen LogP contribution is -2.43. The third-order valence-electron chi connectivity index (χ3n) is 5.72. The molecular weight excluding hydrogens is 402 g/mol. The van der Waals surface area contributed by atoms with E-state index < -0.39 is 0 Å². The van der Waals surface area contributed by atoms with Gasteiger partial charge in [-0.1, -0.05) is 12.1 Å². The summed E-state index contributed by atoms with van der Waals surface area (Å²) >= 11 is 0. The third-order valence-corrected chi connectivity index (χ3v) is 5.72. The van der Waals surface area contributed by atoms with Crippen molar-refractivity contribution < 1.29 is 4.79 Å². The molecule has 1 unspecified atom stereocenters. The highest BCUT2D eigenvalue weighted by Gasteiger charge is 2.30.